The van der Waals surface area contributed by atoms with E-state index in [4.69, 9.17) is 4.52 Å². The van der Waals surface area contributed by atoms with Crippen LogP contribution < -0.4 is 5.56 Å². The van der Waals surface area contributed by atoms with Crippen molar-refractivity contribution in [3.63, 3.8) is 0 Å². The molecule has 0 bridgehead atoms. The number of rotatable bonds is 1. The molecule has 0 aliphatic carbocycles. The minimum Gasteiger partial charge on any atom is -0.364 e. The maximum absolute atomic E-state index is 11.8. The van der Waals surface area contributed by atoms with E-state index >= 15 is 0 Å². The molecule has 1 aromatic carbocycles. The summed E-state index contributed by atoms with van der Waals surface area (Å²) < 4.78 is 4.73. The van der Waals surface area contributed by atoms with Crippen LogP contribution in [0.2, 0.25) is 0 Å². The zero-order chi connectivity index (χ0) is 11.0. The zero-order valence-electron chi connectivity index (χ0n) is 8.31. The van der Waals surface area contributed by atoms with Crippen LogP contribution in [0.4, 0.5) is 0 Å². The molecule has 0 saturated heterocycles. The molecule has 0 unspecified atom stereocenters. The number of benzene rings is 1. The number of para-hydroxylation sites is 1. The van der Waals surface area contributed by atoms with E-state index in [9.17, 15) is 4.79 Å². The lowest BCUT2D eigenvalue weighted by molar-refractivity contribution is 0.422. The molecule has 4 heteroatoms. The van der Waals surface area contributed by atoms with Gasteiger partial charge in [0.15, 0.2) is 0 Å². The Labute approximate surface area is 90.5 Å². The Morgan fingerprint density at radius 3 is 2.88 bits per heavy atom. The van der Waals surface area contributed by atoms with E-state index in [1.807, 2.05) is 30.3 Å². The summed E-state index contributed by atoms with van der Waals surface area (Å²) in [6.45, 7) is 0. The molecule has 78 valence electrons. The van der Waals surface area contributed by atoms with Gasteiger partial charge in [-0.25, -0.2) is 0 Å². The maximum atomic E-state index is 11.8. The zero-order valence-corrected chi connectivity index (χ0v) is 8.31. The van der Waals surface area contributed by atoms with Crippen LogP contribution in [-0.2, 0) is 0 Å². The molecule has 2 heterocycles. The summed E-state index contributed by atoms with van der Waals surface area (Å²) in [5.41, 5.74) is 1.73. The minimum absolute atomic E-state index is 0.160. The van der Waals surface area contributed by atoms with Crippen LogP contribution in [0.25, 0.3) is 22.2 Å². The predicted octanol–water partition coefficient (Wildman–Crippen LogP) is 2.18. The topological polar surface area (TPSA) is 58.9 Å². The molecule has 0 saturated carbocycles. The van der Waals surface area contributed by atoms with E-state index in [0.717, 1.165) is 10.9 Å². The highest BCUT2D eigenvalue weighted by molar-refractivity contribution is 5.82. The predicted molar refractivity (Wildman–Crippen MR) is 60.1 cm³/mol. The van der Waals surface area contributed by atoms with Crippen LogP contribution in [0.5, 0.6) is 0 Å². The standard InChI is InChI=1S/C12H8N2O2/c15-12-9(11-5-6-16-14-11)7-8-3-1-2-4-10(8)13-12/h1-7H,(H,13,15). The van der Waals surface area contributed by atoms with Crippen molar-refractivity contribution in [1.29, 1.82) is 0 Å². The Kier molecular flexibility index (Phi) is 1.86. The summed E-state index contributed by atoms with van der Waals surface area (Å²) >= 11 is 0. The lowest BCUT2D eigenvalue weighted by atomic mass is 10.1. The van der Waals surface area contributed by atoms with E-state index in [1.165, 1.54) is 6.26 Å². The Balaban J connectivity index is 2.34. The monoisotopic (exact) mass is 212 g/mol. The van der Waals surface area contributed by atoms with Crippen LogP contribution in [0.15, 0.2) is 52.0 Å². The number of aromatic nitrogens is 2. The molecule has 0 fully saturated rings. The van der Waals surface area contributed by atoms with Crippen molar-refractivity contribution < 1.29 is 4.52 Å². The van der Waals surface area contributed by atoms with Crippen molar-refractivity contribution in [2.24, 2.45) is 0 Å². The first-order valence-corrected chi connectivity index (χ1v) is 4.87. The molecule has 4 nitrogen and oxygen atoms in total. The van der Waals surface area contributed by atoms with Gasteiger partial charge in [-0.2, -0.15) is 0 Å². The first-order chi connectivity index (χ1) is 7.84. The van der Waals surface area contributed by atoms with E-state index in [-0.39, 0.29) is 5.56 Å². The third-order valence-corrected chi connectivity index (χ3v) is 2.47. The summed E-state index contributed by atoms with van der Waals surface area (Å²) in [6, 6.07) is 11.1. The summed E-state index contributed by atoms with van der Waals surface area (Å²) in [5.74, 6) is 0. The van der Waals surface area contributed by atoms with Crippen LogP contribution in [0.1, 0.15) is 0 Å². The van der Waals surface area contributed by atoms with Gasteiger partial charge in [0, 0.05) is 11.6 Å². The highest BCUT2D eigenvalue weighted by Crippen LogP contribution is 2.17. The average Bonchev–Trinajstić information content (AvgIpc) is 2.81. The second-order valence-corrected chi connectivity index (χ2v) is 3.48. The third-order valence-electron chi connectivity index (χ3n) is 2.47. The third kappa shape index (κ3) is 1.32. The molecular formula is C12H8N2O2. The van der Waals surface area contributed by atoms with Crippen molar-refractivity contribution in [2.45, 2.75) is 0 Å². The molecule has 0 radical (unpaired) electrons. The van der Waals surface area contributed by atoms with E-state index in [1.54, 1.807) is 6.07 Å². The van der Waals surface area contributed by atoms with E-state index < -0.39 is 0 Å². The van der Waals surface area contributed by atoms with Gasteiger partial charge in [-0.1, -0.05) is 23.4 Å². The largest absolute Gasteiger partial charge is 0.364 e. The lowest BCUT2D eigenvalue weighted by Crippen LogP contribution is -2.08. The first kappa shape index (κ1) is 8.91. The van der Waals surface area contributed by atoms with E-state index in [0.29, 0.717) is 11.3 Å². The lowest BCUT2D eigenvalue weighted by Gasteiger charge is -1.99. The second kappa shape index (κ2) is 3.34. The Bertz CT molecular complexity index is 684. The summed E-state index contributed by atoms with van der Waals surface area (Å²) in [4.78, 5) is 14.6. The maximum Gasteiger partial charge on any atom is 0.258 e. The fourth-order valence-corrected chi connectivity index (χ4v) is 1.69. The van der Waals surface area contributed by atoms with Crippen LogP contribution in [0.3, 0.4) is 0 Å². The Morgan fingerprint density at radius 2 is 2.06 bits per heavy atom. The SMILES string of the molecule is O=c1[nH]c2ccccc2cc1-c1ccon1. The van der Waals surface area contributed by atoms with Crippen LogP contribution in [0, 0.1) is 0 Å². The summed E-state index contributed by atoms with van der Waals surface area (Å²) in [6.07, 6.45) is 1.45. The van der Waals surface area contributed by atoms with Gasteiger partial charge in [-0.3, -0.25) is 4.79 Å². The number of nitrogens with one attached hydrogen (secondary N) is 1. The number of fused-ring (bicyclic) bond motifs is 1. The Hall–Kier alpha value is -2.36. The fraction of sp³-hybridized carbons (Fsp3) is 0. The van der Waals surface area contributed by atoms with Crippen molar-refractivity contribution in [3.05, 3.63) is 53.0 Å². The number of hydrogen-bond acceptors (Lipinski definition) is 3. The van der Waals surface area contributed by atoms with Gasteiger partial charge in [0.2, 0.25) is 0 Å². The highest BCUT2D eigenvalue weighted by atomic mass is 16.5. The fourth-order valence-electron chi connectivity index (χ4n) is 1.69. The molecule has 2 aromatic heterocycles. The van der Waals surface area contributed by atoms with Crippen molar-refractivity contribution in [3.8, 4) is 11.3 Å². The van der Waals surface area contributed by atoms with Gasteiger partial charge >= 0.3 is 0 Å². The van der Waals surface area contributed by atoms with Gasteiger partial charge in [-0.05, 0) is 17.5 Å². The number of pyridine rings is 1. The van der Waals surface area contributed by atoms with Gasteiger partial charge in [0.1, 0.15) is 12.0 Å². The van der Waals surface area contributed by atoms with Crippen LogP contribution in [-0.4, -0.2) is 10.1 Å². The molecule has 0 aliphatic rings. The van der Waals surface area contributed by atoms with Gasteiger partial charge in [0.05, 0.1) is 5.56 Å². The number of H-pyrrole nitrogens is 1. The van der Waals surface area contributed by atoms with Gasteiger partial charge in [0.25, 0.3) is 5.56 Å². The van der Waals surface area contributed by atoms with Crippen molar-refractivity contribution in [1.82, 2.24) is 10.1 Å². The molecule has 0 aliphatic heterocycles. The van der Waals surface area contributed by atoms with Crippen LogP contribution >= 0.6 is 0 Å². The molecular weight excluding hydrogens is 204 g/mol. The molecule has 1 N–H and O–H groups in total. The van der Waals surface area contributed by atoms with Crippen molar-refractivity contribution in [2.75, 3.05) is 0 Å². The normalized spacial score (nSPS) is 10.8. The minimum atomic E-state index is -0.160. The smallest absolute Gasteiger partial charge is 0.258 e. The molecule has 3 aromatic rings. The summed E-state index contributed by atoms with van der Waals surface area (Å²) in [7, 11) is 0. The first-order valence-electron chi connectivity index (χ1n) is 4.87. The molecule has 16 heavy (non-hydrogen) atoms. The number of nitrogens with zero attached hydrogens (tertiary/aromatic N) is 1. The number of aromatic amines is 1. The Morgan fingerprint density at radius 1 is 1.19 bits per heavy atom. The van der Waals surface area contributed by atoms with Crippen molar-refractivity contribution >= 4 is 10.9 Å². The summed E-state index contributed by atoms with van der Waals surface area (Å²) in [5, 5.41) is 4.73. The molecule has 0 amide bonds. The second-order valence-electron chi connectivity index (χ2n) is 3.48. The van der Waals surface area contributed by atoms with Gasteiger partial charge < -0.3 is 9.51 Å². The number of hydrogen-bond donors (Lipinski definition) is 1. The van der Waals surface area contributed by atoms with E-state index in [2.05, 4.69) is 10.1 Å². The quantitative estimate of drug-likeness (QED) is 0.672. The van der Waals surface area contributed by atoms with Gasteiger partial charge in [-0.15, -0.1) is 0 Å². The molecule has 3 rings (SSSR count). The molecule has 0 atom stereocenters. The highest BCUT2D eigenvalue weighted by Gasteiger charge is 2.07. The average molecular weight is 212 g/mol. The molecule has 0 spiro atoms.